The third kappa shape index (κ3) is 6.79. The van der Waals surface area contributed by atoms with Crippen LogP contribution < -0.4 is 10.1 Å². The minimum atomic E-state index is -3.09. The number of hydrogen-bond acceptors (Lipinski definition) is 5. The molecule has 0 saturated carbocycles. The molecule has 3 rings (SSSR count). The summed E-state index contributed by atoms with van der Waals surface area (Å²) in [6.45, 7) is 8.85. The number of para-hydroxylation sites is 1. The number of methoxy groups -OCH3 is 1. The Labute approximate surface area is 222 Å². The molecule has 0 aromatic heterocycles. The minimum absolute atomic E-state index is 0.00211. The molecule has 0 fully saturated rings. The number of rotatable bonds is 10. The van der Waals surface area contributed by atoms with Gasteiger partial charge in [0.15, 0.2) is 16.0 Å². The third-order valence-corrected chi connectivity index (χ3v) is 7.27. The molecule has 0 bridgehead atoms. The fraction of sp³-hybridized carbons (Fsp3) is 0.367. The van der Waals surface area contributed by atoms with E-state index in [4.69, 9.17) is 4.74 Å². The Morgan fingerprint density at radius 2 is 1.49 bits per heavy atom. The summed E-state index contributed by atoms with van der Waals surface area (Å²) in [5, 5.41) is 1.54. The van der Waals surface area contributed by atoms with Crippen LogP contribution in [0, 0.1) is 0 Å². The number of hydrogen-bond donors (Lipinski definition) is 2. The molecule has 1 N–H and O–H groups in total. The predicted octanol–water partition coefficient (Wildman–Crippen LogP) is 5.96. The van der Waals surface area contributed by atoms with Crippen LogP contribution in [0.4, 0.5) is 5.69 Å². The smallest absolute Gasteiger partial charge is 0.247 e. The quantitative estimate of drug-likeness (QED) is 0.321. The maximum absolute atomic E-state index is 13.5. The monoisotopic (exact) mass is 522 g/mol. The molecule has 0 heterocycles. The molecule has 3 aromatic rings. The maximum Gasteiger partial charge on any atom is 0.247 e. The number of thiol groups is 1. The van der Waals surface area contributed by atoms with Crippen molar-refractivity contribution in [1.29, 1.82) is 0 Å². The Balaban J connectivity index is 2.11. The zero-order valence-electron chi connectivity index (χ0n) is 22.7. The average molecular weight is 523 g/mol. The first-order valence-electron chi connectivity index (χ1n) is 12.5. The van der Waals surface area contributed by atoms with Crippen LogP contribution in [-0.2, 0) is 22.0 Å². The zero-order valence-corrected chi connectivity index (χ0v) is 23.6. The van der Waals surface area contributed by atoms with E-state index in [1.165, 1.54) is 0 Å². The van der Waals surface area contributed by atoms with Gasteiger partial charge in [-0.3, -0.25) is 4.79 Å². The fourth-order valence-corrected chi connectivity index (χ4v) is 5.38. The zero-order chi connectivity index (χ0) is 27.3. The number of ether oxygens (including phenoxy) is 1. The van der Waals surface area contributed by atoms with Gasteiger partial charge in [0, 0.05) is 17.8 Å². The second kappa shape index (κ2) is 12.4. The molecule has 0 aliphatic rings. The van der Waals surface area contributed by atoms with E-state index in [0.29, 0.717) is 11.3 Å². The van der Waals surface area contributed by atoms with E-state index in [1.54, 1.807) is 7.11 Å². The van der Waals surface area contributed by atoms with Crippen molar-refractivity contribution in [2.24, 2.45) is 0 Å². The molecule has 0 radical (unpaired) electrons. The van der Waals surface area contributed by atoms with Crippen molar-refractivity contribution in [1.82, 2.24) is 4.90 Å². The van der Waals surface area contributed by atoms with Gasteiger partial charge in [-0.1, -0.05) is 70.2 Å². The molecule has 198 valence electrons. The van der Waals surface area contributed by atoms with Gasteiger partial charge in [-0.2, -0.15) is 0 Å². The van der Waals surface area contributed by atoms with Crippen molar-refractivity contribution < 1.29 is 17.9 Å². The summed E-state index contributed by atoms with van der Waals surface area (Å²) in [5.41, 5.74) is 5.78. The molecule has 1 unspecified atom stereocenters. The second-order valence-corrected chi connectivity index (χ2v) is 11.3. The number of amides is 1. The molecule has 1 atom stereocenters. The second-order valence-electron chi connectivity index (χ2n) is 10.2. The summed E-state index contributed by atoms with van der Waals surface area (Å²) < 4.78 is 30.9. The topological polar surface area (TPSA) is 75.7 Å². The maximum atomic E-state index is 13.5. The Kier molecular flexibility index (Phi) is 9.51. The van der Waals surface area contributed by atoms with E-state index in [-0.39, 0.29) is 11.8 Å². The van der Waals surface area contributed by atoms with E-state index in [2.05, 4.69) is 10.2 Å². The van der Waals surface area contributed by atoms with Gasteiger partial charge in [-0.25, -0.2) is 8.42 Å². The van der Waals surface area contributed by atoms with Crippen molar-refractivity contribution in [2.75, 3.05) is 26.5 Å². The Hall–Kier alpha value is -3.16. The van der Waals surface area contributed by atoms with Gasteiger partial charge in [0.25, 0.3) is 0 Å². The van der Waals surface area contributed by atoms with Crippen LogP contribution in [0.25, 0.3) is 11.1 Å². The van der Waals surface area contributed by atoms with E-state index in [9.17, 15) is 13.2 Å². The summed E-state index contributed by atoms with van der Waals surface area (Å²) in [6, 6.07) is 19.2. The van der Waals surface area contributed by atoms with Gasteiger partial charge >= 0.3 is 0 Å². The van der Waals surface area contributed by atoms with Gasteiger partial charge in [0.2, 0.25) is 5.91 Å². The van der Waals surface area contributed by atoms with Gasteiger partial charge in [-0.15, -0.1) is 0 Å². The van der Waals surface area contributed by atoms with Crippen LogP contribution in [0.15, 0.2) is 60.7 Å². The normalized spacial score (nSPS) is 12.4. The molecule has 0 spiro atoms. The lowest BCUT2D eigenvalue weighted by Gasteiger charge is -2.25. The molecule has 7 heteroatoms. The first-order valence-corrected chi connectivity index (χ1v) is 13.8. The molecule has 0 aliphatic heterocycles. The number of nitrogens with zero attached hydrogens (tertiary/aromatic N) is 1. The van der Waals surface area contributed by atoms with Crippen LogP contribution >= 0.6 is 0 Å². The van der Waals surface area contributed by atoms with Crippen molar-refractivity contribution in [3.8, 4) is 16.9 Å². The summed E-state index contributed by atoms with van der Waals surface area (Å²) in [6.07, 6.45) is 0. The highest BCUT2D eigenvalue weighted by atomic mass is 32.2. The number of anilines is 1. The van der Waals surface area contributed by atoms with Crippen LogP contribution in [0.5, 0.6) is 5.75 Å². The van der Waals surface area contributed by atoms with Crippen LogP contribution in [0.1, 0.15) is 67.0 Å². The lowest BCUT2D eigenvalue weighted by molar-refractivity contribution is -0.115. The van der Waals surface area contributed by atoms with Gasteiger partial charge < -0.3 is 15.0 Å². The summed E-state index contributed by atoms with van der Waals surface area (Å²) in [7, 11) is 2.52. The number of nitrogens with one attached hydrogen (secondary N) is 1. The molecular formula is C30H38N2O4S. The Morgan fingerprint density at radius 3 is 1.97 bits per heavy atom. The first kappa shape index (κ1) is 28.4. The highest BCUT2D eigenvalue weighted by Gasteiger charge is 2.31. The molecule has 6 nitrogen and oxygen atoms in total. The molecular weight excluding hydrogens is 484 g/mol. The largest absolute Gasteiger partial charge is 0.496 e. The van der Waals surface area contributed by atoms with Crippen molar-refractivity contribution in [2.45, 2.75) is 51.3 Å². The minimum Gasteiger partial charge on any atom is -0.496 e. The average Bonchev–Trinajstić information content (AvgIpc) is 2.84. The number of carbonyl (C=O) groups excluding carboxylic acids is 1. The SMILES string of the molecule is COc1ccccc1-c1cc(C(C)C)c(C(C(=O)Nc2ccc(CN(C)C)cc2)[SH](=O)=O)c(C(C)C)c1. The van der Waals surface area contributed by atoms with E-state index >= 15 is 0 Å². The van der Waals surface area contributed by atoms with E-state index in [1.807, 2.05) is 102 Å². The Bertz CT molecular complexity index is 1270. The molecule has 0 aliphatic carbocycles. The van der Waals surface area contributed by atoms with Crippen molar-refractivity contribution in [3.63, 3.8) is 0 Å². The lowest BCUT2D eigenvalue weighted by atomic mass is 9.83. The highest BCUT2D eigenvalue weighted by Crippen LogP contribution is 2.40. The summed E-state index contributed by atoms with van der Waals surface area (Å²) >= 11 is 0. The molecule has 3 aromatic carbocycles. The van der Waals surface area contributed by atoms with Crippen LogP contribution in [-0.4, -0.2) is 40.4 Å². The van der Waals surface area contributed by atoms with Gasteiger partial charge in [0.05, 0.1) is 7.11 Å². The standard InChI is InChI=1S/C30H38N2O4S/c1-19(2)25-16-22(24-10-8-9-11-27(24)36-7)17-26(20(3)4)28(25)29(37(34)35)30(33)31-23-14-12-21(13-15-23)18-32(5)6/h8-17,19-20,29,37H,18H2,1-7H3,(H,31,33). The van der Waals surface area contributed by atoms with Gasteiger partial charge in [0.1, 0.15) is 5.75 Å². The summed E-state index contributed by atoms with van der Waals surface area (Å²) in [4.78, 5) is 15.6. The molecule has 0 saturated heterocycles. The third-order valence-electron chi connectivity index (χ3n) is 6.36. The predicted molar refractivity (Wildman–Crippen MR) is 152 cm³/mol. The van der Waals surface area contributed by atoms with Crippen molar-refractivity contribution in [3.05, 3.63) is 82.9 Å². The van der Waals surface area contributed by atoms with E-state index < -0.39 is 21.9 Å². The summed E-state index contributed by atoms with van der Waals surface area (Å²) in [5.74, 6) is 0.183. The lowest BCUT2D eigenvalue weighted by Crippen LogP contribution is -2.25. The molecule has 37 heavy (non-hydrogen) atoms. The number of benzene rings is 3. The van der Waals surface area contributed by atoms with Gasteiger partial charge in [-0.05, 0) is 71.9 Å². The molecule has 1 amide bonds. The van der Waals surface area contributed by atoms with E-state index in [0.717, 1.165) is 40.1 Å². The van der Waals surface area contributed by atoms with Crippen LogP contribution in [0.2, 0.25) is 0 Å². The first-order chi connectivity index (χ1) is 17.5. The Morgan fingerprint density at radius 1 is 0.919 bits per heavy atom. The highest BCUT2D eigenvalue weighted by molar-refractivity contribution is 7.73. The fourth-order valence-electron chi connectivity index (χ4n) is 4.61. The number of carbonyl (C=O) groups is 1. The van der Waals surface area contributed by atoms with Crippen molar-refractivity contribution >= 4 is 22.3 Å². The van der Waals surface area contributed by atoms with Crippen LogP contribution in [0.3, 0.4) is 0 Å².